The molecule has 0 saturated carbocycles. The van der Waals surface area contributed by atoms with Crippen LogP contribution in [0.3, 0.4) is 0 Å². The molecule has 6 nitrogen and oxygen atoms in total. The van der Waals surface area contributed by atoms with E-state index in [4.69, 9.17) is 4.74 Å². The fourth-order valence-electron chi connectivity index (χ4n) is 4.31. The van der Waals surface area contributed by atoms with Crippen molar-refractivity contribution in [1.29, 1.82) is 0 Å². The minimum Gasteiger partial charge on any atom is -0.458 e. The van der Waals surface area contributed by atoms with Crippen molar-refractivity contribution in [2.75, 3.05) is 10.2 Å². The summed E-state index contributed by atoms with van der Waals surface area (Å²) in [5, 5.41) is 3.14. The predicted octanol–water partition coefficient (Wildman–Crippen LogP) is 4.88. The highest BCUT2D eigenvalue weighted by molar-refractivity contribution is 8.01. The Morgan fingerprint density at radius 3 is 2.21 bits per heavy atom. The third-order valence-electron chi connectivity index (χ3n) is 5.66. The van der Waals surface area contributed by atoms with Gasteiger partial charge in [0.25, 0.3) is 5.78 Å². The second kappa shape index (κ2) is 8.50. The summed E-state index contributed by atoms with van der Waals surface area (Å²) in [5.41, 5.74) is 1.97. The normalized spacial score (nSPS) is 19.4. The zero-order valence-corrected chi connectivity index (χ0v) is 19.5. The van der Waals surface area contributed by atoms with E-state index in [2.05, 4.69) is 5.32 Å². The Hall–Kier alpha value is -3.84. The summed E-state index contributed by atoms with van der Waals surface area (Å²) >= 11 is 1.36. The molecule has 5 rings (SSSR count). The number of carbonyl (C=O) groups excluding carboxylic acids is 3. The molecule has 0 unspecified atom stereocenters. The fraction of sp³-hybridized carbons (Fsp3) is 0.148. The van der Waals surface area contributed by atoms with Crippen molar-refractivity contribution in [3.63, 3.8) is 0 Å². The molecule has 1 atom stereocenters. The second-order valence-electron chi connectivity index (χ2n) is 8.24. The second-order valence-corrected chi connectivity index (χ2v) is 9.48. The molecule has 34 heavy (non-hydrogen) atoms. The first kappa shape index (κ1) is 22.0. The summed E-state index contributed by atoms with van der Waals surface area (Å²) in [4.78, 5) is 41.6. The van der Waals surface area contributed by atoms with E-state index >= 15 is 0 Å². The van der Waals surface area contributed by atoms with Gasteiger partial charge in [0.15, 0.2) is 4.87 Å². The molecule has 0 spiro atoms. The van der Waals surface area contributed by atoms with Gasteiger partial charge < -0.3 is 10.1 Å². The number of carbonyl (C=O) groups is 3. The monoisotopic (exact) mass is 470 g/mol. The number of para-hydroxylation sites is 2. The van der Waals surface area contributed by atoms with Gasteiger partial charge in [-0.2, -0.15) is 0 Å². The number of benzene rings is 3. The number of ketones is 1. The Kier molecular flexibility index (Phi) is 5.49. The maximum atomic E-state index is 13.7. The number of amides is 1. The number of nitrogens with zero attached hydrogens (tertiary/aromatic N) is 1. The highest BCUT2D eigenvalue weighted by Gasteiger charge is 2.60. The zero-order valence-electron chi connectivity index (χ0n) is 18.6. The van der Waals surface area contributed by atoms with Gasteiger partial charge in [0, 0.05) is 10.6 Å². The quantitative estimate of drug-likeness (QED) is 0.433. The largest absolute Gasteiger partial charge is 0.458 e. The van der Waals surface area contributed by atoms with E-state index in [1.54, 1.807) is 26.0 Å². The predicted molar refractivity (Wildman–Crippen MR) is 131 cm³/mol. The zero-order chi connectivity index (χ0) is 23.9. The van der Waals surface area contributed by atoms with Crippen molar-refractivity contribution < 1.29 is 19.1 Å². The first-order chi connectivity index (χ1) is 16.4. The maximum absolute atomic E-state index is 13.7. The number of nitrogens with one attached hydrogen (secondary N) is 1. The van der Waals surface area contributed by atoms with Crippen LogP contribution in [-0.4, -0.2) is 23.8 Å². The molecule has 1 amide bonds. The van der Waals surface area contributed by atoms with Gasteiger partial charge in [0.1, 0.15) is 5.70 Å². The van der Waals surface area contributed by atoms with Crippen LogP contribution in [0.4, 0.5) is 11.4 Å². The van der Waals surface area contributed by atoms with Crippen LogP contribution in [0.25, 0.3) is 0 Å². The first-order valence-corrected chi connectivity index (χ1v) is 11.8. The Labute approximate surface area is 201 Å². The Morgan fingerprint density at radius 1 is 0.912 bits per heavy atom. The third kappa shape index (κ3) is 3.40. The molecule has 7 heteroatoms. The first-order valence-electron chi connectivity index (χ1n) is 10.9. The van der Waals surface area contributed by atoms with Gasteiger partial charge in [0.2, 0.25) is 0 Å². The molecule has 3 aromatic rings. The number of fused-ring (bicyclic) bond motifs is 2. The number of hydrogen-bond acceptors (Lipinski definition) is 6. The lowest BCUT2D eigenvalue weighted by atomic mass is 9.95. The summed E-state index contributed by atoms with van der Waals surface area (Å²) in [6, 6.07) is 25.8. The molecular formula is C27H22N2O4S. The van der Waals surface area contributed by atoms with E-state index in [0.717, 1.165) is 4.90 Å². The molecule has 2 heterocycles. The Morgan fingerprint density at radius 2 is 1.53 bits per heavy atom. The van der Waals surface area contributed by atoms with Crippen molar-refractivity contribution >= 4 is 40.8 Å². The number of rotatable bonds is 4. The Balaban J connectivity index is 1.89. The van der Waals surface area contributed by atoms with Crippen molar-refractivity contribution in [3.8, 4) is 0 Å². The molecule has 1 N–H and O–H groups in total. The number of ether oxygens (including phenoxy) is 1. The van der Waals surface area contributed by atoms with Crippen LogP contribution in [0.15, 0.2) is 101 Å². The molecule has 3 aromatic carbocycles. The van der Waals surface area contributed by atoms with Gasteiger partial charge in [-0.3, -0.25) is 14.5 Å². The van der Waals surface area contributed by atoms with Crippen LogP contribution in [0.5, 0.6) is 0 Å². The van der Waals surface area contributed by atoms with E-state index in [9.17, 15) is 14.4 Å². The van der Waals surface area contributed by atoms with Crippen molar-refractivity contribution in [2.45, 2.75) is 29.7 Å². The lowest BCUT2D eigenvalue weighted by molar-refractivity contribution is -0.142. The molecule has 0 aromatic heterocycles. The van der Waals surface area contributed by atoms with Gasteiger partial charge in [-0.1, -0.05) is 72.4 Å². The van der Waals surface area contributed by atoms with E-state index in [0.29, 0.717) is 16.9 Å². The Bertz CT molecular complexity index is 1320. The molecule has 0 radical (unpaired) electrons. The van der Waals surface area contributed by atoms with Crippen LogP contribution in [-0.2, 0) is 24.0 Å². The highest BCUT2D eigenvalue weighted by Crippen LogP contribution is 2.58. The van der Waals surface area contributed by atoms with E-state index in [1.807, 2.05) is 72.8 Å². The topological polar surface area (TPSA) is 75.7 Å². The van der Waals surface area contributed by atoms with E-state index < -0.39 is 28.6 Å². The van der Waals surface area contributed by atoms with Gasteiger partial charge in [-0.25, -0.2) is 4.79 Å². The van der Waals surface area contributed by atoms with Crippen LogP contribution in [0, 0.1) is 0 Å². The smallest absolute Gasteiger partial charge is 0.355 e. The summed E-state index contributed by atoms with van der Waals surface area (Å²) in [6.07, 6.45) is -0.405. The number of thioether (sulfide) groups is 1. The number of Topliss-reactive ketones (excluding diaryl/α,β-unsaturated/α-hetero) is 1. The number of esters is 1. The minimum atomic E-state index is -1.32. The molecule has 1 fully saturated rings. The summed E-state index contributed by atoms with van der Waals surface area (Å²) in [5.74, 6) is -2.12. The fourth-order valence-corrected chi connectivity index (χ4v) is 5.83. The summed E-state index contributed by atoms with van der Waals surface area (Å²) < 4.78 is 5.52. The summed E-state index contributed by atoms with van der Waals surface area (Å²) in [6.45, 7) is 3.48. The molecule has 2 aliphatic heterocycles. The maximum Gasteiger partial charge on any atom is 0.355 e. The van der Waals surface area contributed by atoms with Crippen molar-refractivity contribution in [3.05, 3.63) is 102 Å². The SMILES string of the molecule is CC(C)OC(=O)C1=C2C(=O)C(=O)N(c3ccccc3)[C@@]2(c2ccccc2)Sc2ccccc2N1. The standard InChI is InChI=1S/C27H22N2O4S/c1-17(2)33-26(32)23-22-24(30)25(31)29(19-13-7-4-8-14-19)27(22,18-11-5-3-6-12-18)34-21-16-10-9-15-20(21)28-23/h3-17,28H,1-2H3/t27-/m0/s1. The minimum absolute atomic E-state index is 0.0215. The summed E-state index contributed by atoms with van der Waals surface area (Å²) in [7, 11) is 0. The molecular weight excluding hydrogens is 448 g/mol. The average Bonchev–Trinajstić information content (AvgIpc) is 2.96. The van der Waals surface area contributed by atoms with Gasteiger partial charge in [0.05, 0.1) is 17.4 Å². The van der Waals surface area contributed by atoms with E-state index in [1.165, 1.54) is 16.7 Å². The molecule has 0 bridgehead atoms. The third-order valence-corrected chi connectivity index (χ3v) is 7.15. The van der Waals surface area contributed by atoms with Crippen LogP contribution < -0.4 is 10.2 Å². The van der Waals surface area contributed by atoms with Gasteiger partial charge in [-0.05, 0) is 43.7 Å². The highest BCUT2D eigenvalue weighted by atomic mass is 32.2. The van der Waals surface area contributed by atoms with Crippen molar-refractivity contribution in [2.24, 2.45) is 0 Å². The van der Waals surface area contributed by atoms with Crippen LogP contribution in [0.1, 0.15) is 19.4 Å². The van der Waals surface area contributed by atoms with Crippen LogP contribution >= 0.6 is 11.8 Å². The van der Waals surface area contributed by atoms with Gasteiger partial charge in [-0.15, -0.1) is 0 Å². The van der Waals surface area contributed by atoms with Crippen LogP contribution in [0.2, 0.25) is 0 Å². The molecule has 170 valence electrons. The average molecular weight is 471 g/mol. The lowest BCUT2D eigenvalue weighted by Gasteiger charge is -2.38. The van der Waals surface area contributed by atoms with E-state index in [-0.39, 0.29) is 11.3 Å². The van der Waals surface area contributed by atoms with Gasteiger partial charge >= 0.3 is 11.9 Å². The molecule has 2 aliphatic rings. The lowest BCUT2D eigenvalue weighted by Crippen LogP contribution is -2.42. The molecule has 1 saturated heterocycles. The number of anilines is 2. The van der Waals surface area contributed by atoms with Crippen molar-refractivity contribution in [1.82, 2.24) is 0 Å². The molecule has 0 aliphatic carbocycles. The number of hydrogen-bond donors (Lipinski definition) is 1.